The number of ether oxygens (including phenoxy) is 1. The van der Waals surface area contributed by atoms with Crippen molar-refractivity contribution in [2.45, 2.75) is 39.7 Å². The highest BCUT2D eigenvalue weighted by atomic mass is 19.1. The van der Waals surface area contributed by atoms with E-state index in [0.717, 1.165) is 25.0 Å². The zero-order valence-electron chi connectivity index (χ0n) is 16.3. The van der Waals surface area contributed by atoms with Gasteiger partial charge in [-0.3, -0.25) is 9.59 Å². The van der Waals surface area contributed by atoms with Crippen LogP contribution in [0.15, 0.2) is 29.1 Å². The third-order valence-corrected chi connectivity index (χ3v) is 5.33. The Morgan fingerprint density at radius 1 is 1.10 bits per heavy atom. The summed E-state index contributed by atoms with van der Waals surface area (Å²) >= 11 is 0. The number of benzene rings is 2. The van der Waals surface area contributed by atoms with Gasteiger partial charge in [0.05, 0.1) is 16.8 Å². The second kappa shape index (κ2) is 6.69. The Hall–Kier alpha value is -3.22. The summed E-state index contributed by atoms with van der Waals surface area (Å²) in [5.41, 5.74) is 6.95. The van der Waals surface area contributed by atoms with Crippen molar-refractivity contribution in [1.82, 2.24) is 4.57 Å². The van der Waals surface area contributed by atoms with Crippen LogP contribution in [0.5, 0.6) is 5.75 Å². The van der Waals surface area contributed by atoms with E-state index < -0.39 is 17.6 Å². The molecule has 0 radical (unpaired) electrons. The van der Waals surface area contributed by atoms with Gasteiger partial charge in [0.25, 0.3) is 5.56 Å². The van der Waals surface area contributed by atoms with Gasteiger partial charge in [-0.1, -0.05) is 6.07 Å². The molecule has 1 saturated carbocycles. The fraction of sp³-hybridized carbons (Fsp3) is 0.273. The second-order valence-corrected chi connectivity index (χ2v) is 7.44. The summed E-state index contributed by atoms with van der Waals surface area (Å²) in [6.45, 7) is 4.64. The molecule has 0 spiro atoms. The number of pyridine rings is 1. The van der Waals surface area contributed by atoms with Gasteiger partial charge in [-0.25, -0.2) is 8.78 Å². The Morgan fingerprint density at radius 2 is 1.79 bits per heavy atom. The van der Waals surface area contributed by atoms with E-state index in [2.05, 4.69) is 0 Å². The molecule has 1 aliphatic carbocycles. The molecule has 2 aromatic carbocycles. The average molecular weight is 398 g/mol. The van der Waals surface area contributed by atoms with Crippen molar-refractivity contribution < 1.29 is 18.3 Å². The van der Waals surface area contributed by atoms with Crippen LogP contribution < -0.4 is 16.0 Å². The van der Waals surface area contributed by atoms with Gasteiger partial charge in [-0.05, 0) is 49.9 Å². The predicted molar refractivity (Wildman–Crippen MR) is 107 cm³/mol. The fourth-order valence-electron chi connectivity index (χ4n) is 3.79. The lowest BCUT2D eigenvalue weighted by Gasteiger charge is -2.19. The van der Waals surface area contributed by atoms with Gasteiger partial charge in [0.1, 0.15) is 17.4 Å². The minimum atomic E-state index is -0.718. The summed E-state index contributed by atoms with van der Waals surface area (Å²) in [6.07, 6.45) is 1.71. The molecule has 0 aliphatic heterocycles. The Bertz CT molecular complexity index is 1240. The van der Waals surface area contributed by atoms with Crippen molar-refractivity contribution in [3.05, 3.63) is 57.4 Å². The lowest BCUT2D eigenvalue weighted by Crippen LogP contribution is -2.24. The quantitative estimate of drug-likeness (QED) is 0.524. The van der Waals surface area contributed by atoms with Crippen molar-refractivity contribution >= 4 is 22.6 Å². The SMILES string of the molecule is CC(=O)Oc1c(C)c(=O)n(C2CC2)c2c(C)c(-c3cc(F)c(N)cc3F)ccc12. The molecule has 7 heteroatoms. The van der Waals surface area contributed by atoms with E-state index in [1.807, 2.05) is 0 Å². The standard InChI is InChI=1S/C22H20F2N2O3/c1-10-14(16-8-18(24)19(25)9-17(16)23)6-7-15-20(10)26(13-4-5-13)22(28)11(2)21(15)29-12(3)27/h6-9,13H,4-5,25H2,1-3H3. The summed E-state index contributed by atoms with van der Waals surface area (Å²) in [6, 6.07) is 5.35. The molecule has 0 unspecified atom stereocenters. The van der Waals surface area contributed by atoms with Crippen LogP contribution in [0.25, 0.3) is 22.0 Å². The number of carbonyl (C=O) groups is 1. The molecule has 3 aromatic rings. The van der Waals surface area contributed by atoms with Crippen LogP contribution in [0.1, 0.15) is 36.9 Å². The summed E-state index contributed by atoms with van der Waals surface area (Å²) in [4.78, 5) is 24.7. The van der Waals surface area contributed by atoms with Crippen molar-refractivity contribution in [3.8, 4) is 16.9 Å². The number of aryl methyl sites for hydroxylation is 1. The highest BCUT2D eigenvalue weighted by Gasteiger charge is 2.30. The van der Waals surface area contributed by atoms with Crippen molar-refractivity contribution in [3.63, 3.8) is 0 Å². The van der Waals surface area contributed by atoms with E-state index in [-0.39, 0.29) is 28.6 Å². The maximum atomic E-state index is 14.6. The molecule has 5 nitrogen and oxygen atoms in total. The summed E-state index contributed by atoms with van der Waals surface area (Å²) in [5, 5.41) is 0.585. The van der Waals surface area contributed by atoms with Crippen molar-refractivity contribution in [2.24, 2.45) is 0 Å². The number of nitrogen functional groups attached to an aromatic ring is 1. The topological polar surface area (TPSA) is 74.3 Å². The Kier molecular flexibility index (Phi) is 4.41. The predicted octanol–water partition coefficient (Wildman–Crippen LogP) is 4.41. The van der Waals surface area contributed by atoms with E-state index in [9.17, 15) is 18.4 Å². The number of aromatic nitrogens is 1. The molecule has 1 fully saturated rings. The van der Waals surface area contributed by atoms with Crippen molar-refractivity contribution in [2.75, 3.05) is 5.73 Å². The van der Waals surface area contributed by atoms with Crippen LogP contribution in [0.3, 0.4) is 0 Å². The summed E-state index contributed by atoms with van der Waals surface area (Å²) in [5.74, 6) is -1.71. The zero-order chi connectivity index (χ0) is 21.0. The number of anilines is 1. The number of nitrogens with two attached hydrogens (primary N) is 1. The minimum absolute atomic E-state index is 0.0389. The Morgan fingerprint density at radius 3 is 2.41 bits per heavy atom. The Balaban J connectivity index is 2.10. The maximum Gasteiger partial charge on any atom is 0.308 e. The third-order valence-electron chi connectivity index (χ3n) is 5.33. The number of hydrogen-bond donors (Lipinski definition) is 1. The monoisotopic (exact) mass is 398 g/mol. The summed E-state index contributed by atoms with van der Waals surface area (Å²) < 4.78 is 35.6. The minimum Gasteiger partial charge on any atom is -0.426 e. The molecular weight excluding hydrogens is 378 g/mol. The average Bonchev–Trinajstić information content (AvgIpc) is 3.48. The van der Waals surface area contributed by atoms with Crippen molar-refractivity contribution in [1.29, 1.82) is 0 Å². The van der Waals surface area contributed by atoms with Gasteiger partial charge in [-0.2, -0.15) is 0 Å². The van der Waals surface area contributed by atoms with E-state index in [1.165, 1.54) is 6.92 Å². The fourth-order valence-corrected chi connectivity index (χ4v) is 3.79. The normalized spacial score (nSPS) is 13.7. The Labute approximate surface area is 165 Å². The first-order valence-corrected chi connectivity index (χ1v) is 9.32. The number of carbonyl (C=O) groups excluding carboxylic acids is 1. The molecule has 1 heterocycles. The lowest BCUT2D eigenvalue weighted by molar-refractivity contribution is -0.131. The molecule has 1 aromatic heterocycles. The number of esters is 1. The van der Waals surface area contributed by atoms with Gasteiger partial charge in [0.2, 0.25) is 0 Å². The molecule has 29 heavy (non-hydrogen) atoms. The van der Waals surface area contributed by atoms with E-state index in [4.69, 9.17) is 10.5 Å². The zero-order valence-corrected chi connectivity index (χ0v) is 16.3. The van der Waals surface area contributed by atoms with Crippen LogP contribution in [0.2, 0.25) is 0 Å². The molecule has 0 saturated heterocycles. The number of halogens is 2. The van der Waals surface area contributed by atoms with Gasteiger partial charge in [0, 0.05) is 30.0 Å². The number of hydrogen-bond acceptors (Lipinski definition) is 4. The van der Waals surface area contributed by atoms with E-state index in [0.29, 0.717) is 27.6 Å². The molecule has 0 atom stereocenters. The van der Waals surface area contributed by atoms with Crippen LogP contribution in [-0.2, 0) is 4.79 Å². The van der Waals surface area contributed by atoms with Gasteiger partial charge in [0.15, 0.2) is 0 Å². The number of nitrogens with zero attached hydrogens (tertiary/aromatic N) is 1. The van der Waals surface area contributed by atoms with Crippen LogP contribution >= 0.6 is 0 Å². The highest BCUT2D eigenvalue weighted by molar-refractivity contribution is 5.95. The number of fused-ring (bicyclic) bond motifs is 1. The molecule has 2 N–H and O–H groups in total. The van der Waals surface area contributed by atoms with Crippen LogP contribution in [0, 0.1) is 25.5 Å². The lowest BCUT2D eigenvalue weighted by atomic mass is 9.95. The van der Waals surface area contributed by atoms with E-state index >= 15 is 0 Å². The molecular formula is C22H20F2N2O3. The molecule has 4 rings (SSSR count). The molecule has 1 aliphatic rings. The van der Waals surface area contributed by atoms with Gasteiger partial charge in [-0.15, -0.1) is 0 Å². The first-order chi connectivity index (χ1) is 13.7. The first kappa shape index (κ1) is 19.1. The maximum absolute atomic E-state index is 14.6. The van der Waals surface area contributed by atoms with E-state index in [1.54, 1.807) is 30.5 Å². The largest absolute Gasteiger partial charge is 0.426 e. The van der Waals surface area contributed by atoms with Crippen LogP contribution in [0.4, 0.5) is 14.5 Å². The molecule has 0 amide bonds. The van der Waals surface area contributed by atoms with Gasteiger partial charge < -0.3 is 15.0 Å². The highest BCUT2D eigenvalue weighted by Crippen LogP contribution is 2.42. The second-order valence-electron chi connectivity index (χ2n) is 7.44. The molecule has 150 valence electrons. The third kappa shape index (κ3) is 3.06. The van der Waals surface area contributed by atoms with Crippen LogP contribution in [-0.4, -0.2) is 10.5 Å². The first-order valence-electron chi connectivity index (χ1n) is 9.32. The number of rotatable bonds is 3. The smallest absolute Gasteiger partial charge is 0.308 e. The van der Waals surface area contributed by atoms with Gasteiger partial charge >= 0.3 is 5.97 Å². The molecule has 0 bridgehead atoms. The summed E-state index contributed by atoms with van der Waals surface area (Å²) in [7, 11) is 0.